The Morgan fingerprint density at radius 1 is 0.811 bits per heavy atom. The van der Waals surface area contributed by atoms with Gasteiger partial charge in [0.1, 0.15) is 0 Å². The van der Waals surface area contributed by atoms with Crippen LogP contribution in [0.25, 0.3) is 0 Å². The fourth-order valence-corrected chi connectivity index (χ4v) is 15.2. The summed E-state index contributed by atoms with van der Waals surface area (Å²) >= 11 is 0. The highest BCUT2D eigenvalue weighted by molar-refractivity contribution is 5.69. The second-order valence-corrected chi connectivity index (χ2v) is 24.7. The molecule has 7 saturated carbocycles. The zero-order valence-electron chi connectivity index (χ0n) is 38.0. The van der Waals surface area contributed by atoms with Crippen LogP contribution in [0.15, 0.2) is 12.2 Å². The molecule has 0 aliphatic heterocycles. The molecule has 14 atom stereocenters. The fourth-order valence-electron chi connectivity index (χ4n) is 15.2. The molecule has 0 heterocycles. The Kier molecular flexibility index (Phi) is 13.3. The average Bonchev–Trinajstić information content (AvgIpc) is 3.86. The van der Waals surface area contributed by atoms with E-state index in [1.54, 1.807) is 50.5 Å². The van der Waals surface area contributed by atoms with E-state index in [9.17, 15) is 4.79 Å². The average molecular weight is 735 g/mol. The molecule has 53 heavy (non-hydrogen) atoms. The highest BCUT2D eigenvalue weighted by atomic mass is 16.5. The lowest BCUT2D eigenvalue weighted by Crippen LogP contribution is -2.36. The summed E-state index contributed by atoms with van der Waals surface area (Å²) in [6.45, 7) is 38.1. The van der Waals surface area contributed by atoms with Crippen molar-refractivity contribution in [3.05, 3.63) is 12.2 Å². The van der Waals surface area contributed by atoms with Crippen molar-refractivity contribution in [1.82, 2.24) is 0 Å². The Morgan fingerprint density at radius 3 is 2.02 bits per heavy atom. The lowest BCUT2D eigenvalue weighted by Gasteiger charge is -2.44. The Labute approximate surface area is 331 Å². The normalized spacial score (nSPS) is 41.7. The number of fused-ring (bicyclic) bond motifs is 4. The maximum Gasteiger partial charge on any atom is 0.306 e. The first-order valence-corrected chi connectivity index (χ1v) is 23.3. The van der Waals surface area contributed by atoms with E-state index in [4.69, 9.17) is 4.74 Å². The predicted molar refractivity (Wildman–Crippen MR) is 227 cm³/mol. The second kappa shape index (κ2) is 16.2. The Balaban J connectivity index is 0.000000154. The molecule has 7 rings (SSSR count). The van der Waals surface area contributed by atoms with Crippen LogP contribution in [0.3, 0.4) is 0 Å². The highest BCUT2D eigenvalue weighted by Crippen LogP contribution is 2.70. The summed E-state index contributed by atoms with van der Waals surface area (Å²) in [5.41, 5.74) is 4.05. The van der Waals surface area contributed by atoms with E-state index in [2.05, 4.69) is 104 Å². The molecule has 0 N–H and O–H groups in total. The van der Waals surface area contributed by atoms with Gasteiger partial charge in [0.05, 0.1) is 6.61 Å². The van der Waals surface area contributed by atoms with Gasteiger partial charge in [-0.15, -0.1) is 0 Å². The van der Waals surface area contributed by atoms with Crippen LogP contribution >= 0.6 is 0 Å². The van der Waals surface area contributed by atoms with E-state index < -0.39 is 0 Å². The summed E-state index contributed by atoms with van der Waals surface area (Å²) in [7, 11) is 0. The Morgan fingerprint density at radius 2 is 1.43 bits per heavy atom. The number of ether oxygens (including phenoxy) is 1. The minimum atomic E-state index is -0.0373. The molecule has 2 nitrogen and oxygen atoms in total. The highest BCUT2D eigenvalue weighted by Gasteiger charge is 2.61. The third-order valence-electron chi connectivity index (χ3n) is 17.8. The van der Waals surface area contributed by atoms with Crippen LogP contribution in [0.2, 0.25) is 0 Å². The predicted octanol–water partition coefficient (Wildman–Crippen LogP) is 15.0. The van der Waals surface area contributed by atoms with Gasteiger partial charge in [-0.25, -0.2) is 0 Å². The first kappa shape index (κ1) is 43.3. The number of hydrogen-bond donors (Lipinski definition) is 0. The molecule has 2 heteroatoms. The van der Waals surface area contributed by atoms with E-state index in [-0.39, 0.29) is 11.4 Å². The van der Waals surface area contributed by atoms with Crippen LogP contribution < -0.4 is 0 Å². The lowest BCUT2D eigenvalue weighted by atomic mass is 9.61. The van der Waals surface area contributed by atoms with Gasteiger partial charge in [-0.1, -0.05) is 116 Å². The van der Waals surface area contributed by atoms with Crippen molar-refractivity contribution in [3.8, 4) is 0 Å². The molecule has 0 aromatic rings. The van der Waals surface area contributed by atoms with E-state index in [0.717, 1.165) is 72.0 Å². The van der Waals surface area contributed by atoms with Gasteiger partial charge in [-0.05, 0) is 188 Å². The van der Waals surface area contributed by atoms with Gasteiger partial charge < -0.3 is 4.74 Å². The van der Waals surface area contributed by atoms with Crippen LogP contribution in [-0.4, -0.2) is 12.6 Å². The van der Waals surface area contributed by atoms with E-state index in [1.807, 2.05) is 0 Å². The molecule has 0 saturated heterocycles. The SMILES string of the molecule is C=C1C2CCC3C2C(C)(C)CCCC13C.CC(CCOC(=O)CC(C)CC(C)(C)C)CC(C)(C)C.CC1C2CCC(C2)C1CC1(C)C2CCC(C2)C1C. The maximum atomic E-state index is 11.8. The summed E-state index contributed by atoms with van der Waals surface area (Å²) in [5.74, 6) is 11.3. The van der Waals surface area contributed by atoms with Crippen molar-refractivity contribution in [2.24, 2.45) is 98.1 Å². The van der Waals surface area contributed by atoms with Crippen LogP contribution in [0, 0.1) is 98.1 Å². The number of rotatable bonds is 9. The van der Waals surface area contributed by atoms with Crippen LogP contribution in [-0.2, 0) is 9.53 Å². The molecule has 7 aliphatic rings. The van der Waals surface area contributed by atoms with E-state index in [0.29, 0.717) is 46.5 Å². The molecule has 7 aliphatic carbocycles. The van der Waals surface area contributed by atoms with Crippen molar-refractivity contribution in [3.63, 3.8) is 0 Å². The molecule has 0 spiro atoms. The Bertz CT molecular complexity index is 1240. The summed E-state index contributed by atoms with van der Waals surface area (Å²) in [6.07, 6.45) is 21.9. The van der Waals surface area contributed by atoms with Crippen molar-refractivity contribution in [2.45, 2.75) is 200 Å². The van der Waals surface area contributed by atoms with Crippen molar-refractivity contribution in [2.75, 3.05) is 6.61 Å². The van der Waals surface area contributed by atoms with Crippen LogP contribution in [0.5, 0.6) is 0 Å². The molecule has 0 radical (unpaired) electrons. The van der Waals surface area contributed by atoms with Gasteiger partial charge in [-0.2, -0.15) is 0 Å². The quantitative estimate of drug-likeness (QED) is 0.174. The summed E-state index contributed by atoms with van der Waals surface area (Å²) in [6, 6.07) is 0. The first-order chi connectivity index (χ1) is 24.4. The molecular formula is C51H90O2. The molecule has 0 aromatic carbocycles. The largest absolute Gasteiger partial charge is 0.466 e. The molecular weight excluding hydrogens is 645 g/mol. The van der Waals surface area contributed by atoms with Crippen molar-refractivity contribution < 1.29 is 9.53 Å². The summed E-state index contributed by atoms with van der Waals surface area (Å²) < 4.78 is 5.37. The first-order valence-electron chi connectivity index (χ1n) is 23.3. The molecule has 306 valence electrons. The van der Waals surface area contributed by atoms with Gasteiger partial charge >= 0.3 is 5.97 Å². The zero-order valence-corrected chi connectivity index (χ0v) is 38.0. The smallest absolute Gasteiger partial charge is 0.306 e. The lowest BCUT2D eigenvalue weighted by molar-refractivity contribution is -0.145. The fraction of sp³-hybridized carbons (Fsp3) is 0.941. The standard InChI is InChI=1S/C18H36O2.C18H30.C15H24/c1-14(12-17(3,4)5)9-10-20-16(19)11-15(2)13-18(6,7)8;1-11-13-4-5-15(8-13)17(11)10-18(3)12(2)14-6-7-16(18)9-14;1-10-11-6-7-12-13(11)14(2,3)8-5-9-15(10,12)4/h14-15H,9-13H2,1-8H3;11-17H,4-10H2,1-3H3;11-13H,1,5-9H2,2-4H3. The van der Waals surface area contributed by atoms with Gasteiger partial charge in [0.15, 0.2) is 0 Å². The zero-order chi connectivity index (χ0) is 39.3. The number of carbonyl (C=O) groups excluding carboxylic acids is 1. The minimum absolute atomic E-state index is 0.0373. The van der Waals surface area contributed by atoms with Gasteiger partial charge in [0.25, 0.3) is 0 Å². The van der Waals surface area contributed by atoms with Crippen molar-refractivity contribution >= 4 is 5.97 Å². The van der Waals surface area contributed by atoms with E-state index >= 15 is 0 Å². The third-order valence-corrected chi connectivity index (χ3v) is 17.8. The number of carbonyl (C=O) groups is 1. The Hall–Kier alpha value is -0.790. The molecule has 7 fully saturated rings. The molecule has 8 bridgehead atoms. The third kappa shape index (κ3) is 9.68. The van der Waals surface area contributed by atoms with Crippen molar-refractivity contribution in [1.29, 1.82) is 0 Å². The van der Waals surface area contributed by atoms with Crippen LogP contribution in [0.4, 0.5) is 0 Å². The molecule has 0 aromatic heterocycles. The summed E-state index contributed by atoms with van der Waals surface area (Å²) in [4.78, 5) is 11.8. The second-order valence-electron chi connectivity index (χ2n) is 24.7. The number of esters is 1. The van der Waals surface area contributed by atoms with Gasteiger partial charge in [0, 0.05) is 6.42 Å². The molecule has 14 unspecified atom stereocenters. The monoisotopic (exact) mass is 735 g/mol. The minimum Gasteiger partial charge on any atom is -0.466 e. The summed E-state index contributed by atoms with van der Waals surface area (Å²) in [5, 5.41) is 0. The number of hydrogen-bond acceptors (Lipinski definition) is 2. The van der Waals surface area contributed by atoms with E-state index in [1.165, 1.54) is 38.5 Å². The van der Waals surface area contributed by atoms with Crippen LogP contribution in [0.1, 0.15) is 200 Å². The number of allylic oxidation sites excluding steroid dienone is 1. The molecule has 0 amide bonds. The topological polar surface area (TPSA) is 26.3 Å². The maximum absolute atomic E-state index is 11.8. The van der Waals surface area contributed by atoms with Gasteiger partial charge in [-0.3, -0.25) is 4.79 Å². The van der Waals surface area contributed by atoms with Gasteiger partial charge in [0.2, 0.25) is 0 Å².